The number of imidazole rings is 1. The molecule has 0 bridgehead atoms. The summed E-state index contributed by atoms with van der Waals surface area (Å²) in [5, 5.41) is 0.387. The molecule has 0 atom stereocenters. The average molecular weight is 300 g/mol. The molecule has 1 aromatic carbocycles. The van der Waals surface area contributed by atoms with Crippen LogP contribution in [0.15, 0.2) is 41.2 Å². The SMILES string of the molecule is O=c1[nH]c2c(Cl)nc(C3CC3)cc2n1Cc1ccccc1. The number of hydrogen-bond acceptors (Lipinski definition) is 2. The van der Waals surface area contributed by atoms with Crippen LogP contribution < -0.4 is 5.69 Å². The Hall–Kier alpha value is -2.07. The summed E-state index contributed by atoms with van der Waals surface area (Å²) in [6, 6.07) is 11.9. The van der Waals surface area contributed by atoms with Crippen LogP contribution in [0.2, 0.25) is 5.15 Å². The van der Waals surface area contributed by atoms with E-state index in [0.29, 0.717) is 23.1 Å². The Morgan fingerprint density at radius 3 is 2.76 bits per heavy atom. The Labute approximate surface area is 126 Å². The Balaban J connectivity index is 1.87. The van der Waals surface area contributed by atoms with E-state index >= 15 is 0 Å². The van der Waals surface area contributed by atoms with Gasteiger partial charge in [-0.15, -0.1) is 0 Å². The fourth-order valence-electron chi connectivity index (χ4n) is 2.64. The number of fused-ring (bicyclic) bond motifs is 1. The van der Waals surface area contributed by atoms with Crippen molar-refractivity contribution in [1.29, 1.82) is 0 Å². The molecule has 1 fully saturated rings. The molecule has 1 aliphatic carbocycles. The summed E-state index contributed by atoms with van der Waals surface area (Å²) >= 11 is 6.23. The zero-order valence-electron chi connectivity index (χ0n) is 11.3. The van der Waals surface area contributed by atoms with Crippen molar-refractivity contribution in [1.82, 2.24) is 14.5 Å². The van der Waals surface area contributed by atoms with E-state index in [-0.39, 0.29) is 5.69 Å². The van der Waals surface area contributed by atoms with Gasteiger partial charge in [0.05, 0.1) is 12.1 Å². The molecule has 2 heterocycles. The predicted octanol–water partition coefficient (Wildman–Crippen LogP) is 3.30. The second-order valence-electron chi connectivity index (χ2n) is 5.51. The molecule has 106 valence electrons. The molecule has 0 unspecified atom stereocenters. The number of nitrogens with one attached hydrogen (secondary N) is 1. The van der Waals surface area contributed by atoms with Crippen molar-refractivity contribution in [3.8, 4) is 0 Å². The largest absolute Gasteiger partial charge is 0.326 e. The summed E-state index contributed by atoms with van der Waals surface area (Å²) in [6.45, 7) is 0.532. The van der Waals surface area contributed by atoms with Gasteiger partial charge >= 0.3 is 5.69 Å². The maximum atomic E-state index is 12.2. The molecule has 0 saturated heterocycles. The summed E-state index contributed by atoms with van der Waals surface area (Å²) in [6.07, 6.45) is 2.31. The molecule has 0 aliphatic heterocycles. The lowest BCUT2D eigenvalue weighted by Crippen LogP contribution is -2.17. The van der Waals surface area contributed by atoms with Gasteiger partial charge in [0.25, 0.3) is 0 Å². The fourth-order valence-corrected chi connectivity index (χ4v) is 2.88. The second kappa shape index (κ2) is 4.74. The van der Waals surface area contributed by atoms with E-state index in [1.165, 1.54) is 0 Å². The van der Waals surface area contributed by atoms with E-state index in [2.05, 4.69) is 9.97 Å². The van der Waals surface area contributed by atoms with Crippen molar-refractivity contribution in [2.75, 3.05) is 0 Å². The number of aromatic amines is 1. The molecule has 3 aromatic rings. The molecular weight excluding hydrogens is 286 g/mol. The van der Waals surface area contributed by atoms with Gasteiger partial charge in [0, 0.05) is 11.6 Å². The van der Waals surface area contributed by atoms with Crippen LogP contribution in [0.1, 0.15) is 30.0 Å². The smallest absolute Gasteiger partial charge is 0.303 e. The van der Waals surface area contributed by atoms with Crippen molar-refractivity contribution in [2.24, 2.45) is 0 Å². The highest BCUT2D eigenvalue weighted by Crippen LogP contribution is 2.40. The molecule has 1 saturated carbocycles. The van der Waals surface area contributed by atoms with Crippen molar-refractivity contribution in [3.63, 3.8) is 0 Å². The highest BCUT2D eigenvalue weighted by molar-refractivity contribution is 6.33. The summed E-state index contributed by atoms with van der Waals surface area (Å²) in [7, 11) is 0. The van der Waals surface area contributed by atoms with Crippen LogP contribution in [0.5, 0.6) is 0 Å². The van der Waals surface area contributed by atoms with E-state index in [4.69, 9.17) is 11.6 Å². The maximum absolute atomic E-state index is 12.2. The minimum absolute atomic E-state index is 0.148. The zero-order valence-corrected chi connectivity index (χ0v) is 12.1. The molecule has 0 radical (unpaired) electrons. The van der Waals surface area contributed by atoms with E-state index in [9.17, 15) is 4.79 Å². The van der Waals surface area contributed by atoms with Gasteiger partial charge < -0.3 is 4.98 Å². The Kier molecular flexibility index (Phi) is 2.86. The second-order valence-corrected chi connectivity index (χ2v) is 5.87. The molecule has 0 spiro atoms. The van der Waals surface area contributed by atoms with Gasteiger partial charge in [0.2, 0.25) is 0 Å². The first-order valence-corrected chi connectivity index (χ1v) is 7.43. The van der Waals surface area contributed by atoms with Gasteiger partial charge in [0.15, 0.2) is 5.15 Å². The molecule has 1 aliphatic rings. The van der Waals surface area contributed by atoms with E-state index < -0.39 is 0 Å². The van der Waals surface area contributed by atoms with Crippen molar-refractivity contribution >= 4 is 22.6 Å². The Morgan fingerprint density at radius 1 is 1.29 bits per heavy atom. The monoisotopic (exact) mass is 299 g/mol. The lowest BCUT2D eigenvalue weighted by Gasteiger charge is -2.05. The van der Waals surface area contributed by atoms with Crippen LogP contribution in [0, 0.1) is 0 Å². The maximum Gasteiger partial charge on any atom is 0.326 e. The van der Waals surface area contributed by atoms with Crippen LogP contribution >= 0.6 is 11.6 Å². The molecule has 1 N–H and O–H groups in total. The number of halogens is 1. The summed E-state index contributed by atoms with van der Waals surface area (Å²) in [5.74, 6) is 0.502. The van der Waals surface area contributed by atoms with Crippen molar-refractivity contribution < 1.29 is 0 Å². The third-order valence-corrected chi connectivity index (χ3v) is 4.19. The van der Waals surface area contributed by atoms with Crippen LogP contribution in [0.3, 0.4) is 0 Å². The van der Waals surface area contributed by atoms with Crippen LogP contribution in [0.4, 0.5) is 0 Å². The van der Waals surface area contributed by atoms with Crippen LogP contribution in [0.25, 0.3) is 11.0 Å². The molecule has 4 rings (SSSR count). The highest BCUT2D eigenvalue weighted by atomic mass is 35.5. The Morgan fingerprint density at radius 2 is 2.05 bits per heavy atom. The topological polar surface area (TPSA) is 50.7 Å². The number of H-pyrrole nitrogens is 1. The lowest BCUT2D eigenvalue weighted by atomic mass is 10.2. The predicted molar refractivity (Wildman–Crippen MR) is 82.9 cm³/mol. The summed E-state index contributed by atoms with van der Waals surface area (Å²) < 4.78 is 1.73. The molecule has 4 nitrogen and oxygen atoms in total. The van der Waals surface area contributed by atoms with E-state index in [0.717, 1.165) is 29.6 Å². The third kappa shape index (κ3) is 2.25. The zero-order chi connectivity index (χ0) is 14.4. The number of benzene rings is 1. The highest BCUT2D eigenvalue weighted by Gasteiger charge is 2.26. The van der Waals surface area contributed by atoms with Gasteiger partial charge in [-0.05, 0) is 24.5 Å². The van der Waals surface area contributed by atoms with Gasteiger partial charge in [-0.3, -0.25) is 4.57 Å². The number of rotatable bonds is 3. The first-order chi connectivity index (χ1) is 10.2. The molecular formula is C16H14ClN3O. The third-order valence-electron chi connectivity index (χ3n) is 3.92. The summed E-state index contributed by atoms with van der Waals surface area (Å²) in [5.41, 5.74) is 3.40. The van der Waals surface area contributed by atoms with Gasteiger partial charge in [-0.1, -0.05) is 41.9 Å². The van der Waals surface area contributed by atoms with E-state index in [1.54, 1.807) is 4.57 Å². The quantitative estimate of drug-likeness (QED) is 0.754. The minimum Gasteiger partial charge on any atom is -0.303 e. The first-order valence-electron chi connectivity index (χ1n) is 7.05. The first kappa shape index (κ1) is 12.7. The number of nitrogens with zero attached hydrogens (tertiary/aromatic N) is 2. The van der Waals surface area contributed by atoms with Crippen LogP contribution in [-0.2, 0) is 6.54 Å². The van der Waals surface area contributed by atoms with E-state index in [1.807, 2.05) is 36.4 Å². The van der Waals surface area contributed by atoms with Crippen molar-refractivity contribution in [3.05, 3.63) is 63.3 Å². The average Bonchev–Trinajstić information content (AvgIpc) is 3.28. The lowest BCUT2D eigenvalue weighted by molar-refractivity contribution is 0.786. The number of pyridine rings is 1. The van der Waals surface area contributed by atoms with Gasteiger partial charge in [-0.25, -0.2) is 9.78 Å². The standard InChI is InChI=1S/C16H14ClN3O/c17-15-14-13(8-12(18-15)11-6-7-11)20(16(21)19-14)9-10-4-2-1-3-5-10/h1-5,8,11H,6-7,9H2,(H,19,21). The molecule has 2 aromatic heterocycles. The minimum atomic E-state index is -0.148. The normalized spacial score (nSPS) is 14.7. The van der Waals surface area contributed by atoms with Gasteiger partial charge in [0.1, 0.15) is 5.52 Å². The molecule has 0 amide bonds. The van der Waals surface area contributed by atoms with Crippen LogP contribution in [-0.4, -0.2) is 14.5 Å². The Bertz CT molecular complexity index is 862. The van der Waals surface area contributed by atoms with Crippen molar-refractivity contribution in [2.45, 2.75) is 25.3 Å². The fraction of sp³-hybridized carbons (Fsp3) is 0.250. The van der Waals surface area contributed by atoms with Gasteiger partial charge in [-0.2, -0.15) is 0 Å². The summed E-state index contributed by atoms with van der Waals surface area (Å²) in [4.78, 5) is 19.4. The number of aromatic nitrogens is 3. The number of hydrogen-bond donors (Lipinski definition) is 1. The molecule has 21 heavy (non-hydrogen) atoms. The molecule has 5 heteroatoms.